The first-order valence-electron chi connectivity index (χ1n) is 7.13. The molecule has 3 rings (SSSR count). The zero-order valence-electron chi connectivity index (χ0n) is 11.6. The molecular formula is C16H19NO3. The van der Waals surface area contributed by atoms with Crippen molar-refractivity contribution in [3.8, 4) is 17.6 Å². The van der Waals surface area contributed by atoms with Crippen LogP contribution in [0.2, 0.25) is 0 Å². The highest BCUT2D eigenvalue weighted by atomic mass is 16.7. The van der Waals surface area contributed by atoms with Crippen LogP contribution in [-0.4, -0.2) is 11.9 Å². The lowest BCUT2D eigenvalue weighted by Gasteiger charge is -2.38. The van der Waals surface area contributed by atoms with Gasteiger partial charge < -0.3 is 14.6 Å². The van der Waals surface area contributed by atoms with Crippen LogP contribution in [-0.2, 0) is 0 Å². The molecule has 106 valence electrons. The minimum atomic E-state index is -0.773. The number of ether oxygens (including phenoxy) is 2. The molecule has 1 saturated carbocycles. The van der Waals surface area contributed by atoms with Crippen molar-refractivity contribution in [2.75, 3.05) is 6.79 Å². The van der Waals surface area contributed by atoms with Crippen LogP contribution in [0.4, 0.5) is 0 Å². The van der Waals surface area contributed by atoms with Crippen LogP contribution in [0, 0.1) is 22.7 Å². The topological polar surface area (TPSA) is 62.5 Å². The van der Waals surface area contributed by atoms with Gasteiger partial charge in [0.25, 0.3) is 0 Å². The summed E-state index contributed by atoms with van der Waals surface area (Å²) in [6.07, 6.45) is 2.86. The third-order valence-electron chi connectivity index (χ3n) is 4.49. The number of hydrogen-bond donors (Lipinski definition) is 1. The molecule has 4 heteroatoms. The molecule has 1 heterocycles. The third-order valence-corrected chi connectivity index (χ3v) is 4.49. The fraction of sp³-hybridized carbons (Fsp3) is 0.562. The van der Waals surface area contributed by atoms with E-state index in [1.807, 2.05) is 6.07 Å². The fourth-order valence-corrected chi connectivity index (χ4v) is 3.41. The smallest absolute Gasteiger partial charge is 0.231 e. The van der Waals surface area contributed by atoms with Crippen molar-refractivity contribution in [3.05, 3.63) is 23.8 Å². The molecule has 1 aliphatic carbocycles. The van der Waals surface area contributed by atoms with Gasteiger partial charge in [0.1, 0.15) is 0 Å². The lowest BCUT2D eigenvalue weighted by molar-refractivity contribution is 0.0218. The molecule has 1 aliphatic heterocycles. The second-order valence-electron chi connectivity index (χ2n) is 5.98. The molecule has 3 unspecified atom stereocenters. The summed E-state index contributed by atoms with van der Waals surface area (Å²) >= 11 is 0. The van der Waals surface area contributed by atoms with E-state index in [1.54, 1.807) is 12.1 Å². The van der Waals surface area contributed by atoms with E-state index in [4.69, 9.17) is 9.47 Å². The molecular weight excluding hydrogens is 254 g/mol. The SMILES string of the molecule is CC1CCCC(C#N)(C(O)c2ccc3c(c2)OCO3)C1. The maximum absolute atomic E-state index is 10.7. The molecule has 2 aliphatic rings. The summed E-state index contributed by atoms with van der Waals surface area (Å²) in [4.78, 5) is 0. The van der Waals surface area contributed by atoms with E-state index < -0.39 is 11.5 Å². The number of hydrogen-bond acceptors (Lipinski definition) is 4. The highest BCUT2D eigenvalue weighted by Gasteiger charge is 2.42. The Kier molecular flexibility index (Phi) is 3.31. The summed E-state index contributed by atoms with van der Waals surface area (Å²) in [5.74, 6) is 1.83. The molecule has 4 nitrogen and oxygen atoms in total. The molecule has 20 heavy (non-hydrogen) atoms. The summed E-state index contributed by atoms with van der Waals surface area (Å²) in [5.41, 5.74) is 0.0654. The minimum Gasteiger partial charge on any atom is -0.454 e. The number of aliphatic hydroxyl groups is 1. The number of nitrogens with zero attached hydrogens (tertiary/aromatic N) is 1. The zero-order chi connectivity index (χ0) is 14.2. The van der Waals surface area contributed by atoms with Crippen LogP contribution < -0.4 is 9.47 Å². The molecule has 1 aromatic carbocycles. The van der Waals surface area contributed by atoms with Crippen LogP contribution in [0.3, 0.4) is 0 Å². The van der Waals surface area contributed by atoms with Gasteiger partial charge in [-0.1, -0.05) is 25.8 Å². The Morgan fingerprint density at radius 1 is 1.40 bits per heavy atom. The number of nitriles is 1. The van der Waals surface area contributed by atoms with Crippen molar-refractivity contribution in [1.29, 1.82) is 5.26 Å². The van der Waals surface area contributed by atoms with Gasteiger partial charge in [0.2, 0.25) is 6.79 Å². The van der Waals surface area contributed by atoms with Gasteiger partial charge >= 0.3 is 0 Å². The van der Waals surface area contributed by atoms with E-state index in [9.17, 15) is 10.4 Å². The molecule has 0 amide bonds. The Hall–Kier alpha value is -1.73. The highest BCUT2D eigenvalue weighted by Crippen LogP contribution is 2.48. The summed E-state index contributed by atoms with van der Waals surface area (Å²) in [6, 6.07) is 7.82. The first-order valence-corrected chi connectivity index (χ1v) is 7.13. The van der Waals surface area contributed by atoms with Crippen molar-refractivity contribution < 1.29 is 14.6 Å². The van der Waals surface area contributed by atoms with Crippen molar-refractivity contribution >= 4 is 0 Å². The molecule has 1 aromatic rings. The number of aliphatic hydroxyl groups excluding tert-OH is 1. The Morgan fingerprint density at radius 3 is 2.95 bits per heavy atom. The average Bonchev–Trinajstić information content (AvgIpc) is 2.93. The van der Waals surface area contributed by atoms with Crippen molar-refractivity contribution in [1.82, 2.24) is 0 Å². The summed E-state index contributed by atoms with van der Waals surface area (Å²) in [6.45, 7) is 2.37. The van der Waals surface area contributed by atoms with Crippen LogP contribution in [0.15, 0.2) is 18.2 Å². The molecule has 3 atom stereocenters. The van der Waals surface area contributed by atoms with Gasteiger partial charge in [0.05, 0.1) is 17.6 Å². The van der Waals surface area contributed by atoms with Gasteiger partial charge in [0, 0.05) is 0 Å². The Morgan fingerprint density at radius 2 is 2.20 bits per heavy atom. The van der Waals surface area contributed by atoms with E-state index in [-0.39, 0.29) is 6.79 Å². The Balaban J connectivity index is 1.90. The average molecular weight is 273 g/mol. The van der Waals surface area contributed by atoms with Crippen molar-refractivity contribution in [2.45, 2.75) is 38.7 Å². The lowest BCUT2D eigenvalue weighted by Crippen LogP contribution is -2.32. The number of rotatable bonds is 2. The predicted molar refractivity (Wildman–Crippen MR) is 73.2 cm³/mol. The van der Waals surface area contributed by atoms with Gasteiger partial charge in [-0.2, -0.15) is 5.26 Å². The molecule has 0 spiro atoms. The Bertz CT molecular complexity index is 551. The number of benzene rings is 1. The normalized spacial score (nSPS) is 29.8. The van der Waals surface area contributed by atoms with E-state index in [0.717, 1.165) is 31.2 Å². The second kappa shape index (κ2) is 4.99. The van der Waals surface area contributed by atoms with Gasteiger partial charge in [-0.05, 0) is 36.5 Å². The highest BCUT2D eigenvalue weighted by molar-refractivity contribution is 5.45. The lowest BCUT2D eigenvalue weighted by atomic mass is 9.66. The van der Waals surface area contributed by atoms with Gasteiger partial charge in [-0.15, -0.1) is 0 Å². The molecule has 0 radical (unpaired) electrons. The standard InChI is InChI=1S/C16H19NO3/c1-11-3-2-6-16(8-11,9-17)15(18)12-4-5-13-14(7-12)20-10-19-13/h4-5,7,11,15,18H,2-3,6,8,10H2,1H3. The van der Waals surface area contributed by atoms with E-state index in [1.165, 1.54) is 0 Å². The first-order chi connectivity index (χ1) is 9.64. The summed E-state index contributed by atoms with van der Waals surface area (Å²) in [7, 11) is 0. The first kappa shape index (κ1) is 13.3. The largest absolute Gasteiger partial charge is 0.454 e. The Labute approximate surface area is 118 Å². The molecule has 0 bridgehead atoms. The maximum Gasteiger partial charge on any atom is 0.231 e. The van der Waals surface area contributed by atoms with E-state index in [0.29, 0.717) is 17.4 Å². The number of fused-ring (bicyclic) bond motifs is 1. The van der Waals surface area contributed by atoms with E-state index in [2.05, 4.69) is 13.0 Å². The predicted octanol–water partition coefficient (Wildman–Crippen LogP) is 3.17. The van der Waals surface area contributed by atoms with Crippen molar-refractivity contribution in [2.24, 2.45) is 11.3 Å². The van der Waals surface area contributed by atoms with Crippen LogP contribution >= 0.6 is 0 Å². The van der Waals surface area contributed by atoms with Gasteiger partial charge in [0.15, 0.2) is 11.5 Å². The molecule has 1 fully saturated rings. The molecule has 0 aromatic heterocycles. The van der Waals surface area contributed by atoms with Crippen LogP contribution in [0.25, 0.3) is 0 Å². The molecule has 0 saturated heterocycles. The minimum absolute atomic E-state index is 0.218. The zero-order valence-corrected chi connectivity index (χ0v) is 11.6. The van der Waals surface area contributed by atoms with E-state index >= 15 is 0 Å². The second-order valence-corrected chi connectivity index (χ2v) is 5.98. The van der Waals surface area contributed by atoms with Gasteiger partial charge in [-0.25, -0.2) is 0 Å². The maximum atomic E-state index is 10.7. The summed E-state index contributed by atoms with van der Waals surface area (Å²) < 4.78 is 10.6. The molecule has 1 N–H and O–H groups in total. The summed E-state index contributed by atoms with van der Waals surface area (Å²) in [5, 5.41) is 20.3. The third kappa shape index (κ3) is 2.12. The van der Waals surface area contributed by atoms with Gasteiger partial charge in [-0.3, -0.25) is 0 Å². The van der Waals surface area contributed by atoms with Crippen molar-refractivity contribution in [3.63, 3.8) is 0 Å². The van der Waals surface area contributed by atoms with Crippen LogP contribution in [0.5, 0.6) is 11.5 Å². The van der Waals surface area contributed by atoms with Crippen LogP contribution in [0.1, 0.15) is 44.3 Å². The quantitative estimate of drug-likeness (QED) is 0.899. The monoisotopic (exact) mass is 273 g/mol. The fourth-order valence-electron chi connectivity index (χ4n) is 3.41.